The Hall–Kier alpha value is -2.20. The van der Waals surface area contributed by atoms with E-state index in [1.54, 1.807) is 6.92 Å². The fourth-order valence-corrected chi connectivity index (χ4v) is 9.52. The lowest BCUT2D eigenvalue weighted by Gasteiger charge is -2.49. The van der Waals surface area contributed by atoms with Crippen LogP contribution in [-0.2, 0) is 38.1 Å². The number of ether oxygens (including phenoxy) is 4. The minimum atomic E-state index is -2.67. The molecule has 0 bridgehead atoms. The van der Waals surface area contributed by atoms with Gasteiger partial charge >= 0.3 is 23.9 Å². The van der Waals surface area contributed by atoms with E-state index >= 15 is 4.79 Å². The van der Waals surface area contributed by atoms with Crippen LogP contribution in [0.2, 0.25) is 0 Å². The van der Waals surface area contributed by atoms with E-state index in [9.17, 15) is 14.4 Å². The van der Waals surface area contributed by atoms with Gasteiger partial charge in [-0.3, -0.25) is 19.2 Å². The molecule has 2 rings (SSSR count). The number of hydrogen-bond donors (Lipinski definition) is 0. The van der Waals surface area contributed by atoms with E-state index < -0.39 is 47.4 Å². The highest BCUT2D eigenvalue weighted by atomic mass is 16.6. The van der Waals surface area contributed by atoms with E-state index in [4.69, 9.17) is 18.9 Å². The molecule has 0 aromatic rings. The van der Waals surface area contributed by atoms with Gasteiger partial charge in [-0.1, -0.05) is 163 Å². The number of rotatable bonds is 32. The standard InChI is InChI=1S/C52H96N2O8/c1-12-15-17-19-21-23-25-27-29-31-33-39-59-47(56)52(49(58)62-45-36-38-54(11)51(8,9)42(45)5,48(57)60-40-34-32-30-28-26-24-22-20-18-16-13-2)43(14-3)46(55)61-44-35-37-53(10)50(6,7)41(44)4/h41-45H,12-40H2,1-11H3. The molecule has 0 radical (unpaired) electrons. The summed E-state index contributed by atoms with van der Waals surface area (Å²) < 4.78 is 24.5. The smallest absolute Gasteiger partial charge is 0.336 e. The highest BCUT2D eigenvalue weighted by Crippen LogP contribution is 2.42. The normalized spacial score (nSPS) is 22.2. The van der Waals surface area contributed by atoms with E-state index in [1.807, 2.05) is 14.0 Å². The summed E-state index contributed by atoms with van der Waals surface area (Å²) in [6, 6.07) is 0. The number of carbonyl (C=O) groups excluding carboxylic acids is 4. The van der Waals surface area contributed by atoms with Crippen molar-refractivity contribution in [3.8, 4) is 0 Å². The third-order valence-corrected chi connectivity index (χ3v) is 15.5. The van der Waals surface area contributed by atoms with Gasteiger partial charge in [0.05, 0.1) is 19.1 Å². The predicted molar refractivity (Wildman–Crippen MR) is 252 cm³/mol. The molecule has 0 aromatic heterocycles. The van der Waals surface area contributed by atoms with Crippen molar-refractivity contribution in [3.05, 3.63) is 0 Å². The molecular weight excluding hydrogens is 781 g/mol. The maximum absolute atomic E-state index is 15.0. The molecule has 0 saturated carbocycles. The van der Waals surface area contributed by atoms with Crippen LogP contribution in [0, 0.1) is 23.2 Å². The molecule has 5 unspecified atom stereocenters. The van der Waals surface area contributed by atoms with Gasteiger partial charge in [0.15, 0.2) is 0 Å². The lowest BCUT2D eigenvalue weighted by molar-refractivity contribution is -0.203. The van der Waals surface area contributed by atoms with Crippen LogP contribution >= 0.6 is 0 Å². The molecule has 62 heavy (non-hydrogen) atoms. The van der Waals surface area contributed by atoms with E-state index in [-0.39, 0.29) is 42.5 Å². The second-order valence-corrected chi connectivity index (χ2v) is 20.3. The number of unbranched alkanes of at least 4 members (excludes halogenated alkanes) is 20. The molecule has 0 N–H and O–H groups in total. The van der Waals surface area contributed by atoms with Gasteiger partial charge in [0, 0.05) is 36.0 Å². The molecule has 2 fully saturated rings. The zero-order chi connectivity index (χ0) is 46.2. The van der Waals surface area contributed by atoms with Crippen LogP contribution in [0.3, 0.4) is 0 Å². The summed E-state index contributed by atoms with van der Waals surface area (Å²) in [6.07, 6.45) is 24.9. The largest absolute Gasteiger partial charge is 0.464 e. The van der Waals surface area contributed by atoms with Crippen molar-refractivity contribution >= 4 is 23.9 Å². The zero-order valence-corrected chi connectivity index (χ0v) is 42.1. The Morgan fingerprint density at radius 2 is 0.839 bits per heavy atom. The van der Waals surface area contributed by atoms with Gasteiger partial charge in [0.25, 0.3) is 5.41 Å². The first-order valence-electron chi connectivity index (χ1n) is 25.7. The fraction of sp³-hybridized carbons (Fsp3) is 0.923. The minimum absolute atomic E-state index is 0.0200. The molecule has 0 spiro atoms. The van der Waals surface area contributed by atoms with Crippen molar-refractivity contribution in [1.82, 2.24) is 9.80 Å². The number of nitrogens with zero attached hydrogens (tertiary/aromatic N) is 2. The lowest BCUT2D eigenvalue weighted by Crippen LogP contribution is -2.61. The van der Waals surface area contributed by atoms with Gasteiger partial charge in [-0.15, -0.1) is 0 Å². The zero-order valence-electron chi connectivity index (χ0n) is 42.1. The van der Waals surface area contributed by atoms with Gasteiger partial charge in [-0.25, -0.2) is 0 Å². The molecule has 0 amide bonds. The highest BCUT2D eigenvalue weighted by Gasteiger charge is 2.66. The molecule has 2 aliphatic heterocycles. The van der Waals surface area contributed by atoms with Gasteiger partial charge in [0.1, 0.15) is 12.2 Å². The van der Waals surface area contributed by atoms with Crippen molar-refractivity contribution < 1.29 is 38.1 Å². The Morgan fingerprint density at radius 3 is 1.18 bits per heavy atom. The van der Waals surface area contributed by atoms with Crippen molar-refractivity contribution in [2.75, 3.05) is 40.4 Å². The first-order valence-corrected chi connectivity index (χ1v) is 25.7. The molecule has 10 heteroatoms. The molecule has 362 valence electrons. The SMILES string of the molecule is CCCCCCCCCCCCCOC(=O)C(C(=O)OCCCCCCCCCCCCC)(C(=O)OC1CCN(C)C(C)(C)C1C)C(CC)C(=O)OC1CCN(C)C(C)(C)C1C. The van der Waals surface area contributed by atoms with Crippen LogP contribution in [-0.4, -0.2) is 97.4 Å². The Kier molecular flexibility index (Phi) is 26.5. The third-order valence-electron chi connectivity index (χ3n) is 15.5. The van der Waals surface area contributed by atoms with E-state index in [0.717, 1.165) is 38.5 Å². The van der Waals surface area contributed by atoms with Crippen molar-refractivity contribution in [2.45, 2.75) is 246 Å². The summed E-state index contributed by atoms with van der Waals surface area (Å²) in [5, 5.41) is 0. The molecular formula is C52H96N2O8. The summed E-state index contributed by atoms with van der Waals surface area (Å²) >= 11 is 0. The monoisotopic (exact) mass is 877 g/mol. The topological polar surface area (TPSA) is 112 Å². The van der Waals surface area contributed by atoms with Crippen molar-refractivity contribution in [2.24, 2.45) is 23.2 Å². The maximum Gasteiger partial charge on any atom is 0.336 e. The molecule has 0 aliphatic carbocycles. The lowest BCUT2D eigenvalue weighted by atomic mass is 9.72. The average molecular weight is 877 g/mol. The van der Waals surface area contributed by atoms with Gasteiger partial charge in [-0.2, -0.15) is 0 Å². The predicted octanol–water partition coefficient (Wildman–Crippen LogP) is 12.0. The number of piperidine rings is 2. The van der Waals surface area contributed by atoms with Crippen LogP contribution in [0.5, 0.6) is 0 Å². The summed E-state index contributed by atoms with van der Waals surface area (Å²) in [5.41, 5.74) is -3.25. The van der Waals surface area contributed by atoms with E-state index in [1.165, 1.54) is 89.9 Å². The second kappa shape index (κ2) is 29.4. The minimum Gasteiger partial charge on any atom is -0.464 e. The van der Waals surface area contributed by atoms with Crippen molar-refractivity contribution in [3.63, 3.8) is 0 Å². The van der Waals surface area contributed by atoms with Crippen LogP contribution in [0.15, 0.2) is 0 Å². The number of likely N-dealkylation sites (tertiary alicyclic amines) is 2. The Morgan fingerprint density at radius 1 is 0.516 bits per heavy atom. The van der Waals surface area contributed by atoms with E-state index in [2.05, 4.69) is 65.3 Å². The molecule has 2 heterocycles. The fourth-order valence-electron chi connectivity index (χ4n) is 9.52. The average Bonchev–Trinajstić information content (AvgIpc) is 3.24. The summed E-state index contributed by atoms with van der Waals surface area (Å²) in [7, 11) is 4.11. The van der Waals surface area contributed by atoms with Crippen LogP contribution in [0.4, 0.5) is 0 Å². The first-order chi connectivity index (χ1) is 29.5. The van der Waals surface area contributed by atoms with Gasteiger partial charge in [-0.05, 0) is 73.9 Å². The summed E-state index contributed by atoms with van der Waals surface area (Å²) in [6.45, 7) is 20.2. The Labute approximate surface area is 380 Å². The molecule has 5 atom stereocenters. The molecule has 10 nitrogen and oxygen atoms in total. The summed E-state index contributed by atoms with van der Waals surface area (Å²) in [5.74, 6) is -5.64. The quantitative estimate of drug-likeness (QED) is 0.0280. The number of hydrogen-bond acceptors (Lipinski definition) is 10. The number of carbonyl (C=O) groups is 4. The third kappa shape index (κ3) is 16.7. The van der Waals surface area contributed by atoms with Crippen LogP contribution in [0.1, 0.15) is 223 Å². The Balaban J connectivity index is 2.35. The van der Waals surface area contributed by atoms with Crippen LogP contribution in [0.25, 0.3) is 0 Å². The van der Waals surface area contributed by atoms with E-state index in [0.29, 0.717) is 38.8 Å². The number of esters is 4. The van der Waals surface area contributed by atoms with Gasteiger partial charge < -0.3 is 28.7 Å². The maximum atomic E-state index is 15.0. The molecule has 2 saturated heterocycles. The first kappa shape index (κ1) is 55.9. The molecule has 0 aromatic carbocycles. The van der Waals surface area contributed by atoms with Crippen molar-refractivity contribution in [1.29, 1.82) is 0 Å². The Bertz CT molecular complexity index is 1250. The second-order valence-electron chi connectivity index (χ2n) is 20.3. The van der Waals surface area contributed by atoms with Crippen LogP contribution < -0.4 is 0 Å². The summed E-state index contributed by atoms with van der Waals surface area (Å²) in [4.78, 5) is 63.8. The molecule has 2 aliphatic rings. The van der Waals surface area contributed by atoms with Gasteiger partial charge in [0.2, 0.25) is 0 Å². The highest BCUT2D eigenvalue weighted by molar-refractivity contribution is 6.20.